The fourth-order valence-electron chi connectivity index (χ4n) is 2.75. The van der Waals surface area contributed by atoms with E-state index in [9.17, 15) is 14.4 Å². The van der Waals surface area contributed by atoms with Crippen molar-refractivity contribution < 1.29 is 23.9 Å². The molecular weight excluding hydrogens is 308 g/mol. The summed E-state index contributed by atoms with van der Waals surface area (Å²) >= 11 is 0. The maximum Gasteiger partial charge on any atom is 0.310 e. The molecule has 0 unspecified atom stereocenters. The van der Waals surface area contributed by atoms with Gasteiger partial charge in [-0.05, 0) is 32.8 Å². The molecule has 5 nitrogen and oxygen atoms in total. The van der Waals surface area contributed by atoms with Gasteiger partial charge in [0.25, 0.3) is 0 Å². The van der Waals surface area contributed by atoms with E-state index in [2.05, 4.69) is 0 Å². The molecule has 0 heterocycles. The first-order valence-electron chi connectivity index (χ1n) is 8.21. The summed E-state index contributed by atoms with van der Waals surface area (Å²) in [4.78, 5) is 36.5. The zero-order valence-electron chi connectivity index (χ0n) is 14.4. The smallest absolute Gasteiger partial charge is 0.310 e. The Morgan fingerprint density at radius 2 is 1.75 bits per heavy atom. The van der Waals surface area contributed by atoms with E-state index in [1.807, 2.05) is 30.3 Å². The van der Waals surface area contributed by atoms with Crippen LogP contribution in [0.4, 0.5) is 0 Å². The SMILES string of the molecule is CC(C)(C)OC(=O)[C@H]1CCC(=O)C[C@@H]1C(=O)OCc1ccccc1. The van der Waals surface area contributed by atoms with Crippen LogP contribution >= 0.6 is 0 Å². The molecule has 0 radical (unpaired) electrons. The zero-order valence-corrected chi connectivity index (χ0v) is 14.4. The maximum atomic E-state index is 12.4. The summed E-state index contributed by atoms with van der Waals surface area (Å²) in [5.74, 6) is -2.34. The Morgan fingerprint density at radius 1 is 1.08 bits per heavy atom. The van der Waals surface area contributed by atoms with Gasteiger partial charge in [0.1, 0.15) is 18.0 Å². The lowest BCUT2D eigenvalue weighted by molar-refractivity contribution is -0.171. The van der Waals surface area contributed by atoms with Crippen LogP contribution in [0.2, 0.25) is 0 Å². The molecule has 1 aromatic rings. The molecule has 24 heavy (non-hydrogen) atoms. The van der Waals surface area contributed by atoms with Gasteiger partial charge < -0.3 is 9.47 Å². The first-order chi connectivity index (χ1) is 11.3. The predicted molar refractivity (Wildman–Crippen MR) is 87.9 cm³/mol. The fraction of sp³-hybridized carbons (Fsp3) is 0.526. The molecule has 0 aliphatic heterocycles. The third-order valence-electron chi connectivity index (χ3n) is 3.90. The summed E-state index contributed by atoms with van der Waals surface area (Å²) < 4.78 is 10.7. The van der Waals surface area contributed by atoms with Crippen molar-refractivity contribution >= 4 is 17.7 Å². The number of hydrogen-bond donors (Lipinski definition) is 0. The van der Waals surface area contributed by atoms with Gasteiger partial charge >= 0.3 is 11.9 Å². The Labute approximate surface area is 142 Å². The van der Waals surface area contributed by atoms with E-state index >= 15 is 0 Å². The van der Waals surface area contributed by atoms with Crippen LogP contribution < -0.4 is 0 Å². The first-order valence-corrected chi connectivity index (χ1v) is 8.21. The van der Waals surface area contributed by atoms with Crippen molar-refractivity contribution in [1.82, 2.24) is 0 Å². The topological polar surface area (TPSA) is 69.7 Å². The highest BCUT2D eigenvalue weighted by Crippen LogP contribution is 2.31. The Hall–Kier alpha value is -2.17. The Bertz CT molecular complexity index is 600. The lowest BCUT2D eigenvalue weighted by atomic mass is 9.78. The molecule has 2 rings (SSSR count). The number of ether oxygens (including phenoxy) is 2. The largest absolute Gasteiger partial charge is 0.461 e. The van der Waals surface area contributed by atoms with Crippen LogP contribution in [0.15, 0.2) is 30.3 Å². The van der Waals surface area contributed by atoms with Crippen molar-refractivity contribution in [3.8, 4) is 0 Å². The van der Waals surface area contributed by atoms with E-state index in [0.717, 1.165) is 5.56 Å². The van der Waals surface area contributed by atoms with Crippen molar-refractivity contribution in [3.05, 3.63) is 35.9 Å². The number of Topliss-reactive ketones (excluding diaryl/α,β-unsaturated/α-hetero) is 1. The molecule has 0 bridgehead atoms. The lowest BCUT2D eigenvalue weighted by Crippen LogP contribution is -2.40. The summed E-state index contributed by atoms with van der Waals surface area (Å²) in [5, 5.41) is 0. The molecule has 1 aromatic carbocycles. The van der Waals surface area contributed by atoms with Gasteiger partial charge in [-0.25, -0.2) is 0 Å². The standard InChI is InChI=1S/C19H24O5/c1-19(2,3)24-18(22)15-10-9-14(20)11-16(15)17(21)23-12-13-7-5-4-6-8-13/h4-8,15-16H,9-12H2,1-3H3/t15-,16-/m0/s1. The van der Waals surface area contributed by atoms with E-state index in [1.165, 1.54) is 0 Å². The first kappa shape index (κ1) is 18.2. The molecule has 0 saturated heterocycles. The maximum absolute atomic E-state index is 12.4. The second-order valence-corrected chi connectivity index (χ2v) is 7.12. The molecule has 0 spiro atoms. The van der Waals surface area contributed by atoms with Crippen molar-refractivity contribution in [3.63, 3.8) is 0 Å². The van der Waals surface area contributed by atoms with Crippen molar-refractivity contribution in [2.75, 3.05) is 0 Å². The average molecular weight is 332 g/mol. The van der Waals surface area contributed by atoms with Crippen LogP contribution in [-0.4, -0.2) is 23.3 Å². The third-order valence-corrected chi connectivity index (χ3v) is 3.90. The molecule has 130 valence electrons. The van der Waals surface area contributed by atoms with Gasteiger partial charge in [-0.3, -0.25) is 14.4 Å². The molecular formula is C19H24O5. The third kappa shape index (κ3) is 5.18. The quantitative estimate of drug-likeness (QED) is 0.793. The summed E-state index contributed by atoms with van der Waals surface area (Å²) in [6, 6.07) is 9.30. The normalized spacial score (nSPS) is 21.2. The molecule has 0 N–H and O–H groups in total. The lowest BCUT2D eigenvalue weighted by Gasteiger charge is -2.30. The number of ketones is 1. The molecule has 1 aliphatic rings. The summed E-state index contributed by atoms with van der Waals surface area (Å²) in [7, 11) is 0. The average Bonchev–Trinajstić information content (AvgIpc) is 2.51. The van der Waals surface area contributed by atoms with E-state index in [4.69, 9.17) is 9.47 Å². The van der Waals surface area contributed by atoms with Crippen LogP contribution in [0.5, 0.6) is 0 Å². The highest BCUT2D eigenvalue weighted by atomic mass is 16.6. The number of carbonyl (C=O) groups is 3. The van der Waals surface area contributed by atoms with Gasteiger partial charge in [-0.15, -0.1) is 0 Å². The zero-order chi connectivity index (χ0) is 17.7. The van der Waals surface area contributed by atoms with E-state index in [0.29, 0.717) is 12.8 Å². The van der Waals surface area contributed by atoms with E-state index in [1.54, 1.807) is 20.8 Å². The summed E-state index contributed by atoms with van der Waals surface area (Å²) in [5.41, 5.74) is 0.235. The minimum atomic E-state index is -0.759. The molecule has 0 aromatic heterocycles. The Kier molecular flexibility index (Phi) is 5.75. The van der Waals surface area contributed by atoms with E-state index < -0.39 is 29.4 Å². The van der Waals surface area contributed by atoms with Crippen LogP contribution in [0.3, 0.4) is 0 Å². The molecule has 1 saturated carbocycles. The van der Waals surface area contributed by atoms with Crippen molar-refractivity contribution in [2.24, 2.45) is 11.8 Å². The second kappa shape index (κ2) is 7.60. The van der Waals surface area contributed by atoms with Gasteiger partial charge in [0.05, 0.1) is 11.8 Å². The summed E-state index contributed by atoms with van der Waals surface area (Å²) in [6.07, 6.45) is 0.669. The van der Waals surface area contributed by atoms with Gasteiger partial charge in [-0.2, -0.15) is 0 Å². The minimum Gasteiger partial charge on any atom is -0.461 e. The number of rotatable bonds is 4. The van der Waals surface area contributed by atoms with Crippen LogP contribution in [0.25, 0.3) is 0 Å². The number of esters is 2. The van der Waals surface area contributed by atoms with Gasteiger partial charge in [0.2, 0.25) is 0 Å². The summed E-state index contributed by atoms with van der Waals surface area (Å²) in [6.45, 7) is 5.47. The van der Waals surface area contributed by atoms with Gasteiger partial charge in [0, 0.05) is 12.8 Å². The van der Waals surface area contributed by atoms with Crippen molar-refractivity contribution in [2.45, 2.75) is 52.2 Å². The fourth-order valence-corrected chi connectivity index (χ4v) is 2.75. The highest BCUT2D eigenvalue weighted by Gasteiger charge is 2.41. The molecule has 2 atom stereocenters. The minimum absolute atomic E-state index is 0.0172. The van der Waals surface area contributed by atoms with Crippen LogP contribution in [0, 0.1) is 11.8 Å². The van der Waals surface area contributed by atoms with Gasteiger partial charge in [0.15, 0.2) is 0 Å². The highest BCUT2D eigenvalue weighted by molar-refractivity contribution is 5.90. The Morgan fingerprint density at radius 3 is 2.38 bits per heavy atom. The molecule has 1 aliphatic carbocycles. The molecule has 0 amide bonds. The van der Waals surface area contributed by atoms with Crippen LogP contribution in [0.1, 0.15) is 45.6 Å². The predicted octanol–water partition coefficient (Wildman–Crippen LogP) is 3.06. The van der Waals surface area contributed by atoms with E-state index in [-0.39, 0.29) is 18.8 Å². The van der Waals surface area contributed by atoms with Crippen molar-refractivity contribution in [1.29, 1.82) is 0 Å². The number of benzene rings is 1. The van der Waals surface area contributed by atoms with Gasteiger partial charge in [-0.1, -0.05) is 30.3 Å². The number of hydrogen-bond acceptors (Lipinski definition) is 5. The molecule has 5 heteroatoms. The number of carbonyl (C=O) groups excluding carboxylic acids is 3. The molecule has 1 fully saturated rings. The monoisotopic (exact) mass is 332 g/mol. The van der Waals surface area contributed by atoms with Crippen LogP contribution in [-0.2, 0) is 30.5 Å². The second-order valence-electron chi connectivity index (χ2n) is 7.12. The Balaban J connectivity index is 2.03.